The highest BCUT2D eigenvalue weighted by molar-refractivity contribution is 6.38. The Morgan fingerprint density at radius 3 is 2.68 bits per heavy atom. The quantitative estimate of drug-likeness (QED) is 0.329. The van der Waals surface area contributed by atoms with E-state index in [9.17, 15) is 18.4 Å². The fourth-order valence-electron chi connectivity index (χ4n) is 4.02. The molecule has 0 saturated carbocycles. The number of ether oxygens (including phenoxy) is 1. The molecule has 1 amide bonds. The summed E-state index contributed by atoms with van der Waals surface area (Å²) in [4.78, 5) is 33.9. The fourth-order valence-corrected chi connectivity index (χ4v) is 4.02. The van der Waals surface area contributed by atoms with E-state index in [0.717, 1.165) is 25.0 Å². The van der Waals surface area contributed by atoms with Crippen LogP contribution in [0.25, 0.3) is 10.9 Å². The van der Waals surface area contributed by atoms with Crippen LogP contribution in [0.4, 0.5) is 14.5 Å². The molecule has 4 rings (SSSR count). The first-order chi connectivity index (χ1) is 16.4. The Kier molecular flexibility index (Phi) is 6.78. The maximum atomic E-state index is 13.6. The van der Waals surface area contributed by atoms with Crippen molar-refractivity contribution < 1.29 is 18.3 Å². The second kappa shape index (κ2) is 9.92. The zero-order valence-electron chi connectivity index (χ0n) is 18.4. The van der Waals surface area contributed by atoms with E-state index < -0.39 is 17.2 Å². The van der Waals surface area contributed by atoms with Gasteiger partial charge in [0.2, 0.25) is 0 Å². The van der Waals surface area contributed by atoms with Gasteiger partial charge in [-0.05, 0) is 49.2 Å². The monoisotopic (exact) mass is 467 g/mol. The number of hydrogen-bond donors (Lipinski definition) is 2. The number of nitrogens with two attached hydrogens (primary N) is 1. The number of methoxy groups -OCH3 is 1. The van der Waals surface area contributed by atoms with E-state index in [1.165, 1.54) is 12.3 Å². The second-order valence-electron chi connectivity index (χ2n) is 7.94. The van der Waals surface area contributed by atoms with Gasteiger partial charge < -0.3 is 20.5 Å². The van der Waals surface area contributed by atoms with Gasteiger partial charge in [0.05, 0.1) is 35.6 Å². The van der Waals surface area contributed by atoms with Crippen LogP contribution in [0.3, 0.4) is 0 Å². The highest BCUT2D eigenvalue weighted by atomic mass is 19.2. The number of hydrazone groups is 1. The molecular formula is C24H23F2N5O3. The van der Waals surface area contributed by atoms with Gasteiger partial charge in [0.25, 0.3) is 11.5 Å². The van der Waals surface area contributed by atoms with Gasteiger partial charge in [0.1, 0.15) is 5.71 Å². The van der Waals surface area contributed by atoms with E-state index in [2.05, 4.69) is 15.1 Å². The number of benzene rings is 2. The molecule has 10 heteroatoms. The third-order valence-corrected chi connectivity index (χ3v) is 5.75. The summed E-state index contributed by atoms with van der Waals surface area (Å²) < 4.78 is 32.3. The first kappa shape index (κ1) is 23.2. The molecule has 1 aromatic heterocycles. The number of nitrogens with zero attached hydrogens (tertiary/aromatic N) is 3. The van der Waals surface area contributed by atoms with Crippen LogP contribution in [0, 0.1) is 11.6 Å². The normalized spacial score (nSPS) is 16.6. The molecule has 1 fully saturated rings. The zero-order valence-corrected chi connectivity index (χ0v) is 18.4. The number of amides is 1. The van der Waals surface area contributed by atoms with E-state index in [-0.39, 0.29) is 34.1 Å². The number of halogens is 2. The molecule has 1 aliphatic heterocycles. The Bertz CT molecular complexity index is 1330. The largest absolute Gasteiger partial charge is 0.383 e. The molecule has 176 valence electrons. The smallest absolute Gasteiger partial charge is 0.258 e. The molecule has 3 N–H and O–H groups in total. The van der Waals surface area contributed by atoms with Gasteiger partial charge in [-0.3, -0.25) is 14.6 Å². The number of aromatic amines is 1. The molecule has 2 aromatic carbocycles. The minimum absolute atomic E-state index is 0.0486. The number of fused-ring (bicyclic) bond motifs is 1. The molecule has 1 saturated heterocycles. The summed E-state index contributed by atoms with van der Waals surface area (Å²) in [6.45, 7) is 1.20. The van der Waals surface area contributed by atoms with Gasteiger partial charge in [0, 0.05) is 30.7 Å². The van der Waals surface area contributed by atoms with Gasteiger partial charge in [0.15, 0.2) is 11.6 Å². The Hall–Kier alpha value is -3.92. The maximum absolute atomic E-state index is 13.6. The van der Waals surface area contributed by atoms with Crippen LogP contribution in [-0.2, 0) is 4.74 Å². The Balaban J connectivity index is 1.54. The topological polar surface area (TPSA) is 113 Å². The summed E-state index contributed by atoms with van der Waals surface area (Å²) in [6, 6.07) is 10.0. The number of aliphatic imine (C=N–C) groups is 1. The van der Waals surface area contributed by atoms with Crippen molar-refractivity contribution in [2.24, 2.45) is 15.9 Å². The molecule has 1 aliphatic rings. The number of rotatable bonds is 6. The number of H-pyrrole nitrogens is 1. The summed E-state index contributed by atoms with van der Waals surface area (Å²) in [5.41, 5.74) is 0.716. The first-order valence-corrected chi connectivity index (χ1v) is 10.7. The first-order valence-electron chi connectivity index (χ1n) is 10.7. The average Bonchev–Trinajstić information content (AvgIpc) is 3.29. The molecule has 0 unspecified atom stereocenters. The summed E-state index contributed by atoms with van der Waals surface area (Å²) in [5, 5.41) is 3.89. The van der Waals surface area contributed by atoms with E-state index in [1.54, 1.807) is 31.4 Å². The number of nitrogens with one attached hydrogen (secondary N) is 1. The van der Waals surface area contributed by atoms with Crippen molar-refractivity contribution in [3.63, 3.8) is 0 Å². The molecule has 0 bridgehead atoms. The van der Waals surface area contributed by atoms with E-state index in [0.29, 0.717) is 24.4 Å². The average molecular weight is 467 g/mol. The molecule has 0 spiro atoms. The van der Waals surface area contributed by atoms with Crippen molar-refractivity contribution in [1.29, 1.82) is 0 Å². The molecular weight excluding hydrogens is 444 g/mol. The standard InChI is InChI=1S/C24H23F2N5O3/c1-34-13-17-3-2-8-31(17)24(33)14-4-6-16(7-5-14)28-12-22(30-27)18-9-15-10-19(25)20(26)11-21(15)29-23(18)32/h4-7,9-12,17H,2-3,8,13,27H2,1H3,(H,29,32)/t17-/m1/s1. The van der Waals surface area contributed by atoms with Crippen molar-refractivity contribution in [2.75, 3.05) is 20.3 Å². The third kappa shape index (κ3) is 4.72. The van der Waals surface area contributed by atoms with Crippen molar-refractivity contribution in [1.82, 2.24) is 9.88 Å². The molecule has 0 aliphatic carbocycles. The Morgan fingerprint density at radius 2 is 1.97 bits per heavy atom. The van der Waals surface area contributed by atoms with Crippen molar-refractivity contribution in [2.45, 2.75) is 18.9 Å². The maximum Gasteiger partial charge on any atom is 0.258 e. The second-order valence-corrected chi connectivity index (χ2v) is 7.94. The summed E-state index contributed by atoms with van der Waals surface area (Å²) in [6.07, 6.45) is 3.15. The number of likely N-dealkylation sites (tertiary alicyclic amines) is 1. The summed E-state index contributed by atoms with van der Waals surface area (Å²) >= 11 is 0. The number of carbonyl (C=O) groups excluding carboxylic acids is 1. The van der Waals surface area contributed by atoms with Crippen LogP contribution in [0.2, 0.25) is 0 Å². The third-order valence-electron chi connectivity index (χ3n) is 5.75. The van der Waals surface area contributed by atoms with Gasteiger partial charge in [-0.15, -0.1) is 0 Å². The lowest BCUT2D eigenvalue weighted by molar-refractivity contribution is 0.0630. The molecule has 2 heterocycles. The molecule has 8 nitrogen and oxygen atoms in total. The highest BCUT2D eigenvalue weighted by Gasteiger charge is 2.29. The highest BCUT2D eigenvalue weighted by Crippen LogP contribution is 2.22. The van der Waals surface area contributed by atoms with Crippen LogP contribution in [0.5, 0.6) is 0 Å². The lowest BCUT2D eigenvalue weighted by Crippen LogP contribution is -2.38. The number of carbonyl (C=O) groups is 1. The van der Waals surface area contributed by atoms with Crippen molar-refractivity contribution in [3.05, 3.63) is 75.6 Å². The van der Waals surface area contributed by atoms with Crippen LogP contribution in [0.1, 0.15) is 28.8 Å². The molecule has 34 heavy (non-hydrogen) atoms. The zero-order chi connectivity index (χ0) is 24.2. The predicted octanol–water partition coefficient (Wildman–Crippen LogP) is 3.12. The van der Waals surface area contributed by atoms with Crippen LogP contribution in [0.15, 0.2) is 57.4 Å². The Labute approximate surface area is 193 Å². The van der Waals surface area contributed by atoms with Gasteiger partial charge in [-0.25, -0.2) is 8.78 Å². The van der Waals surface area contributed by atoms with E-state index in [1.807, 2.05) is 4.90 Å². The lowest BCUT2D eigenvalue weighted by atomic mass is 10.1. The lowest BCUT2D eigenvalue weighted by Gasteiger charge is -2.24. The molecule has 1 atom stereocenters. The van der Waals surface area contributed by atoms with Gasteiger partial charge >= 0.3 is 0 Å². The minimum Gasteiger partial charge on any atom is -0.383 e. The SMILES string of the molecule is COC[C@H]1CCCN1C(=O)c1ccc(N=CC(=NN)c2cc3cc(F)c(F)cc3[nH]c2=O)cc1. The minimum atomic E-state index is -1.06. The summed E-state index contributed by atoms with van der Waals surface area (Å²) in [5.74, 6) is 3.29. The fraction of sp³-hybridized carbons (Fsp3) is 0.250. The van der Waals surface area contributed by atoms with Crippen LogP contribution < -0.4 is 11.4 Å². The van der Waals surface area contributed by atoms with Crippen molar-refractivity contribution in [3.8, 4) is 0 Å². The predicted molar refractivity (Wildman–Crippen MR) is 126 cm³/mol. The van der Waals surface area contributed by atoms with Gasteiger partial charge in [-0.1, -0.05) is 0 Å². The summed E-state index contributed by atoms with van der Waals surface area (Å²) in [7, 11) is 1.62. The molecule has 0 radical (unpaired) electrons. The number of hydrogen-bond acceptors (Lipinski definition) is 6. The number of aromatic nitrogens is 1. The number of pyridine rings is 1. The van der Waals surface area contributed by atoms with Crippen molar-refractivity contribution >= 4 is 34.4 Å². The van der Waals surface area contributed by atoms with Crippen LogP contribution >= 0.6 is 0 Å². The Morgan fingerprint density at radius 1 is 1.24 bits per heavy atom. The van der Waals surface area contributed by atoms with Crippen LogP contribution in [-0.4, -0.2) is 54.0 Å². The van der Waals surface area contributed by atoms with Gasteiger partial charge in [-0.2, -0.15) is 5.10 Å². The molecule has 3 aromatic rings. The van der Waals surface area contributed by atoms with E-state index >= 15 is 0 Å². The van der Waals surface area contributed by atoms with E-state index in [4.69, 9.17) is 10.6 Å².